The molecule has 0 aliphatic heterocycles. The molecule has 0 saturated heterocycles. The Kier molecular flexibility index (Phi) is 5.74. The summed E-state index contributed by atoms with van der Waals surface area (Å²) >= 11 is -0.434. The molecule has 0 saturated carbocycles. The van der Waals surface area contributed by atoms with Crippen LogP contribution in [0, 0.1) is 22.6 Å². The van der Waals surface area contributed by atoms with Crippen molar-refractivity contribution in [3.63, 3.8) is 0 Å². The Balaban J connectivity index is 1.97. The first-order chi connectivity index (χ1) is 11.6. The zero-order valence-electron chi connectivity index (χ0n) is 12.8. The minimum atomic E-state index is -1.33. The van der Waals surface area contributed by atoms with E-state index in [4.69, 9.17) is 0 Å². The molecule has 3 rings (SSSR count). The van der Waals surface area contributed by atoms with Gasteiger partial charge in [0.1, 0.15) is 0 Å². The molecule has 3 aromatic carbocycles. The molecule has 2 atom stereocenters. The zero-order chi connectivity index (χ0) is 17.1. The fourth-order valence-corrected chi connectivity index (χ4v) is 5.84. The van der Waals surface area contributed by atoms with Crippen molar-refractivity contribution in [1.29, 1.82) is 0 Å². The lowest BCUT2D eigenvalue weighted by Gasteiger charge is -2.15. The average molecular weight is 464 g/mol. The third kappa shape index (κ3) is 3.73. The van der Waals surface area contributed by atoms with E-state index in [-0.39, 0.29) is 0 Å². The molecular weight excluding hydrogens is 451 g/mol. The maximum atomic E-state index is 12.8. The standard InChI is InChI=1S/C19H13IO2S2/c1-14-12-19(24(22)16-10-6-3-7-11-16)17(20)13-18(14)23(21)15-8-4-2-5-9-15/h2-6,8-10,12-13H,1H3. The Morgan fingerprint density at radius 1 is 0.917 bits per heavy atom. The molecule has 24 heavy (non-hydrogen) atoms. The molecular formula is C19H13IO2S2. The highest BCUT2D eigenvalue weighted by atomic mass is 127. The predicted molar refractivity (Wildman–Crippen MR) is 104 cm³/mol. The van der Waals surface area contributed by atoms with Gasteiger partial charge in [-0.1, -0.05) is 24.3 Å². The molecule has 0 fully saturated rings. The van der Waals surface area contributed by atoms with Gasteiger partial charge in [-0.05, 0) is 59.8 Å². The molecule has 2 nitrogen and oxygen atoms in total. The molecule has 2 unspecified atom stereocenters. The first-order valence-electron chi connectivity index (χ1n) is 7.15. The van der Waals surface area contributed by atoms with Gasteiger partial charge in [-0.25, -0.2) is 0 Å². The van der Waals surface area contributed by atoms with Crippen molar-refractivity contribution in [3.05, 3.63) is 81.9 Å². The fraction of sp³-hybridized carbons (Fsp3) is 0.0526. The summed E-state index contributed by atoms with van der Waals surface area (Å²) in [4.78, 5) is 2.80. The molecule has 0 bridgehead atoms. The molecule has 0 aliphatic rings. The summed E-state index contributed by atoms with van der Waals surface area (Å²) in [6.45, 7) is 1.90. The van der Waals surface area contributed by atoms with Crippen molar-refractivity contribution in [2.45, 2.75) is 26.5 Å². The van der Waals surface area contributed by atoms with Crippen LogP contribution in [0.2, 0.25) is 0 Å². The van der Waals surface area contributed by atoms with Crippen LogP contribution in [0.4, 0.5) is 0 Å². The SMILES string of the molecule is Cc1cc([S+]([O-])c2c#cccc2)c(I)cc1[S+]([O-])c1ccccc1. The number of aryl methyl sites for hydroxylation is 1. The van der Waals surface area contributed by atoms with Crippen LogP contribution < -0.4 is 0 Å². The van der Waals surface area contributed by atoms with Gasteiger partial charge in [0.25, 0.3) is 0 Å². The number of hydrogen-bond donors (Lipinski definition) is 0. The Bertz CT molecular complexity index is 754. The molecule has 5 heteroatoms. The van der Waals surface area contributed by atoms with Gasteiger partial charge in [-0.2, -0.15) is 0 Å². The molecule has 0 N–H and O–H groups in total. The molecule has 0 aromatic heterocycles. The van der Waals surface area contributed by atoms with Gasteiger partial charge in [0.05, 0.1) is 3.57 Å². The fourth-order valence-electron chi connectivity index (χ4n) is 2.21. The van der Waals surface area contributed by atoms with Gasteiger partial charge in [-0.15, -0.1) is 0 Å². The summed E-state index contributed by atoms with van der Waals surface area (Å²) in [6.07, 6.45) is 0. The van der Waals surface area contributed by atoms with E-state index >= 15 is 0 Å². The van der Waals surface area contributed by atoms with Gasteiger partial charge in [-0.3, -0.25) is 0 Å². The van der Waals surface area contributed by atoms with Gasteiger partial charge in [0, 0.05) is 46.1 Å². The Morgan fingerprint density at radius 2 is 1.67 bits per heavy atom. The van der Waals surface area contributed by atoms with Crippen LogP contribution in [-0.4, -0.2) is 9.11 Å². The molecule has 0 aliphatic carbocycles. The Labute approximate surface area is 161 Å². The summed E-state index contributed by atoms with van der Waals surface area (Å²) in [7, 11) is 0. The smallest absolute Gasteiger partial charge is 0.208 e. The van der Waals surface area contributed by atoms with E-state index < -0.39 is 22.4 Å². The summed E-state index contributed by atoms with van der Waals surface area (Å²) in [5, 5.41) is 0. The van der Waals surface area contributed by atoms with Crippen molar-refractivity contribution < 1.29 is 9.11 Å². The predicted octanol–water partition coefficient (Wildman–Crippen LogP) is 4.53. The Morgan fingerprint density at radius 3 is 2.33 bits per heavy atom. The van der Waals surface area contributed by atoms with E-state index in [1.54, 1.807) is 18.2 Å². The van der Waals surface area contributed by atoms with E-state index in [1.165, 1.54) is 0 Å². The normalized spacial score (nSPS) is 13.2. The van der Waals surface area contributed by atoms with Crippen molar-refractivity contribution in [2.75, 3.05) is 0 Å². The van der Waals surface area contributed by atoms with E-state index in [2.05, 4.69) is 34.7 Å². The maximum Gasteiger partial charge on any atom is 0.208 e. The van der Waals surface area contributed by atoms with Gasteiger partial charge in [0.2, 0.25) is 4.90 Å². The van der Waals surface area contributed by atoms with E-state index in [0.717, 1.165) is 18.9 Å². The molecule has 0 spiro atoms. The summed E-state index contributed by atoms with van der Waals surface area (Å²) in [6, 6.07) is 24.1. The van der Waals surface area contributed by atoms with Crippen LogP contribution in [0.25, 0.3) is 0 Å². The van der Waals surface area contributed by atoms with Crippen LogP contribution >= 0.6 is 22.6 Å². The quantitative estimate of drug-likeness (QED) is 0.421. The summed E-state index contributed by atoms with van der Waals surface area (Å²) < 4.78 is 26.4. The number of hydrogen-bond acceptors (Lipinski definition) is 2. The highest BCUT2D eigenvalue weighted by Gasteiger charge is 2.25. The van der Waals surface area contributed by atoms with E-state index in [9.17, 15) is 9.11 Å². The van der Waals surface area contributed by atoms with Crippen molar-refractivity contribution >= 4 is 44.9 Å². The van der Waals surface area contributed by atoms with Crippen LogP contribution in [0.1, 0.15) is 5.56 Å². The van der Waals surface area contributed by atoms with Crippen molar-refractivity contribution in [3.8, 4) is 0 Å². The minimum absolute atomic E-state index is 0.590. The van der Waals surface area contributed by atoms with Gasteiger partial charge in [0.15, 0.2) is 14.7 Å². The van der Waals surface area contributed by atoms with E-state index in [0.29, 0.717) is 9.79 Å². The summed E-state index contributed by atoms with van der Waals surface area (Å²) in [5.74, 6) is 0. The van der Waals surface area contributed by atoms with Crippen LogP contribution in [0.5, 0.6) is 0 Å². The largest absolute Gasteiger partial charge is 0.606 e. The average Bonchev–Trinajstić information content (AvgIpc) is 2.63. The Hall–Kier alpha value is -1.17. The van der Waals surface area contributed by atoms with Gasteiger partial charge >= 0.3 is 0 Å². The van der Waals surface area contributed by atoms with Crippen molar-refractivity contribution in [1.82, 2.24) is 0 Å². The van der Waals surface area contributed by atoms with Crippen LogP contribution in [0.15, 0.2) is 80.2 Å². The van der Waals surface area contributed by atoms with E-state index in [1.807, 2.05) is 49.4 Å². The third-order valence-electron chi connectivity index (χ3n) is 3.41. The molecule has 120 valence electrons. The highest BCUT2D eigenvalue weighted by molar-refractivity contribution is 14.1. The molecule has 0 amide bonds. The topological polar surface area (TPSA) is 46.1 Å². The first kappa shape index (κ1) is 17.6. The third-order valence-corrected chi connectivity index (χ3v) is 7.58. The van der Waals surface area contributed by atoms with Crippen molar-refractivity contribution in [2.24, 2.45) is 0 Å². The number of halogens is 1. The van der Waals surface area contributed by atoms with Gasteiger partial charge < -0.3 is 9.11 Å². The molecule has 3 aromatic rings. The lowest BCUT2D eigenvalue weighted by Crippen LogP contribution is -2.09. The highest BCUT2D eigenvalue weighted by Crippen LogP contribution is 2.31. The number of rotatable bonds is 4. The number of benzene rings is 2. The maximum absolute atomic E-state index is 12.8. The molecule has 0 radical (unpaired) electrons. The second kappa shape index (κ2) is 7.81. The van der Waals surface area contributed by atoms with Crippen LogP contribution in [0.3, 0.4) is 0 Å². The zero-order valence-corrected chi connectivity index (χ0v) is 16.6. The monoisotopic (exact) mass is 464 g/mol. The minimum Gasteiger partial charge on any atom is -0.606 e. The lowest BCUT2D eigenvalue weighted by atomic mass is 10.2. The molecule has 0 heterocycles. The first-order valence-corrected chi connectivity index (χ1v) is 10.5. The second-order valence-corrected chi connectivity index (χ2v) is 9.09. The van der Waals surface area contributed by atoms with Crippen LogP contribution in [-0.2, 0) is 22.4 Å². The lowest BCUT2D eigenvalue weighted by molar-refractivity contribution is 0.591. The summed E-state index contributed by atoms with van der Waals surface area (Å²) in [5.41, 5.74) is 0.862. The second-order valence-electron chi connectivity index (χ2n) is 5.06.